The summed E-state index contributed by atoms with van der Waals surface area (Å²) < 4.78 is 25.6. The molecule has 96 valence electrons. The van der Waals surface area contributed by atoms with Gasteiger partial charge in [-0.3, -0.25) is 9.89 Å². The van der Waals surface area contributed by atoms with E-state index in [2.05, 4.69) is 14.9 Å². The monoisotopic (exact) mass is 261 g/mol. The highest BCUT2D eigenvalue weighted by Gasteiger charge is 2.26. The topological polar surface area (TPSA) is 112 Å². The second kappa shape index (κ2) is 5.28. The average molecular weight is 261 g/mol. The van der Waals surface area contributed by atoms with Gasteiger partial charge in [0.1, 0.15) is 6.04 Å². The minimum atomic E-state index is -3.86. The van der Waals surface area contributed by atoms with Crippen molar-refractivity contribution in [2.45, 2.75) is 31.3 Å². The Morgan fingerprint density at radius 1 is 1.59 bits per heavy atom. The van der Waals surface area contributed by atoms with E-state index >= 15 is 0 Å². The fourth-order valence-electron chi connectivity index (χ4n) is 1.31. The number of H-pyrrole nitrogens is 1. The highest BCUT2D eigenvalue weighted by molar-refractivity contribution is 7.89. The molecule has 3 N–H and O–H groups in total. The van der Waals surface area contributed by atoms with Gasteiger partial charge in [-0.05, 0) is 18.4 Å². The largest absolute Gasteiger partial charge is 0.480 e. The zero-order valence-corrected chi connectivity index (χ0v) is 10.4. The minimum absolute atomic E-state index is 0.0700. The minimum Gasteiger partial charge on any atom is -0.480 e. The first-order valence-electron chi connectivity index (χ1n) is 5.07. The first kappa shape index (κ1) is 13.7. The van der Waals surface area contributed by atoms with Gasteiger partial charge in [-0.15, -0.1) is 0 Å². The molecular weight excluding hydrogens is 246 g/mol. The number of carboxylic acids is 1. The first-order chi connectivity index (χ1) is 7.83. The molecule has 1 atom stereocenters. The Balaban J connectivity index is 2.84. The lowest BCUT2D eigenvalue weighted by Gasteiger charge is -2.15. The second-order valence-electron chi connectivity index (χ2n) is 4.06. The van der Waals surface area contributed by atoms with Gasteiger partial charge in [-0.25, -0.2) is 8.42 Å². The molecule has 0 saturated carbocycles. The smallest absolute Gasteiger partial charge is 0.321 e. The van der Waals surface area contributed by atoms with Crippen LogP contribution in [0.1, 0.15) is 20.3 Å². The van der Waals surface area contributed by atoms with Crippen LogP contribution in [-0.4, -0.2) is 35.7 Å². The van der Waals surface area contributed by atoms with Crippen LogP contribution in [0.25, 0.3) is 0 Å². The van der Waals surface area contributed by atoms with Crippen LogP contribution >= 0.6 is 0 Å². The third-order valence-electron chi connectivity index (χ3n) is 2.07. The second-order valence-corrected chi connectivity index (χ2v) is 5.74. The van der Waals surface area contributed by atoms with Crippen LogP contribution in [0.15, 0.2) is 17.3 Å². The van der Waals surface area contributed by atoms with Crippen molar-refractivity contribution >= 4 is 16.0 Å². The molecule has 7 nitrogen and oxygen atoms in total. The van der Waals surface area contributed by atoms with E-state index in [-0.39, 0.29) is 17.4 Å². The van der Waals surface area contributed by atoms with Crippen LogP contribution in [0.5, 0.6) is 0 Å². The van der Waals surface area contributed by atoms with Gasteiger partial charge in [0.05, 0.1) is 6.20 Å². The molecule has 0 radical (unpaired) electrons. The summed E-state index contributed by atoms with van der Waals surface area (Å²) in [4.78, 5) is 10.9. The fraction of sp³-hybridized carbons (Fsp3) is 0.556. The SMILES string of the molecule is CC(C)CC(NS(=O)(=O)c1ccn[nH]1)C(=O)O. The molecule has 0 fully saturated rings. The highest BCUT2D eigenvalue weighted by atomic mass is 32.2. The maximum Gasteiger partial charge on any atom is 0.321 e. The molecule has 0 aliphatic heterocycles. The van der Waals surface area contributed by atoms with Gasteiger partial charge in [0.15, 0.2) is 5.03 Å². The van der Waals surface area contributed by atoms with Gasteiger partial charge in [0.2, 0.25) is 0 Å². The molecule has 1 aromatic heterocycles. The summed E-state index contributed by atoms with van der Waals surface area (Å²) in [6.07, 6.45) is 1.51. The fourth-order valence-corrected chi connectivity index (χ4v) is 2.43. The summed E-state index contributed by atoms with van der Waals surface area (Å²) in [5.74, 6) is -1.12. The van der Waals surface area contributed by atoms with E-state index in [0.717, 1.165) is 0 Å². The third-order valence-corrected chi connectivity index (χ3v) is 3.47. The van der Waals surface area contributed by atoms with Gasteiger partial charge in [0, 0.05) is 0 Å². The van der Waals surface area contributed by atoms with Gasteiger partial charge in [-0.2, -0.15) is 9.82 Å². The molecule has 0 saturated heterocycles. The lowest BCUT2D eigenvalue weighted by molar-refractivity contribution is -0.139. The Labute approximate surface area is 99.3 Å². The first-order valence-corrected chi connectivity index (χ1v) is 6.55. The number of carbonyl (C=O) groups is 1. The van der Waals surface area contributed by atoms with Crippen molar-refractivity contribution in [1.29, 1.82) is 0 Å². The number of hydrogen-bond donors (Lipinski definition) is 3. The van der Waals surface area contributed by atoms with Crippen molar-refractivity contribution in [3.05, 3.63) is 12.3 Å². The molecule has 0 aliphatic rings. The van der Waals surface area contributed by atoms with Crippen LogP contribution in [0, 0.1) is 5.92 Å². The number of rotatable bonds is 6. The van der Waals surface area contributed by atoms with Gasteiger partial charge >= 0.3 is 5.97 Å². The predicted octanol–water partition coefficient (Wildman–Crippen LogP) is 0.187. The lowest BCUT2D eigenvalue weighted by atomic mass is 10.1. The van der Waals surface area contributed by atoms with Crippen molar-refractivity contribution in [2.24, 2.45) is 5.92 Å². The summed E-state index contributed by atoms with van der Waals surface area (Å²) >= 11 is 0. The van der Waals surface area contributed by atoms with Crippen molar-refractivity contribution in [2.75, 3.05) is 0 Å². The average Bonchev–Trinajstić information content (AvgIpc) is 2.68. The number of hydrogen-bond acceptors (Lipinski definition) is 4. The molecule has 0 aliphatic carbocycles. The van der Waals surface area contributed by atoms with E-state index in [1.54, 1.807) is 0 Å². The van der Waals surface area contributed by atoms with Crippen LogP contribution in [-0.2, 0) is 14.8 Å². The molecule has 1 unspecified atom stereocenters. The number of aliphatic carboxylic acids is 1. The molecule has 0 bridgehead atoms. The summed E-state index contributed by atoms with van der Waals surface area (Å²) in [5.41, 5.74) is 0. The van der Waals surface area contributed by atoms with E-state index in [9.17, 15) is 13.2 Å². The summed E-state index contributed by atoms with van der Waals surface area (Å²) in [5, 5.41) is 14.6. The molecule has 0 aromatic carbocycles. The number of nitrogens with one attached hydrogen (secondary N) is 2. The zero-order chi connectivity index (χ0) is 13.1. The van der Waals surface area contributed by atoms with E-state index in [1.807, 2.05) is 13.8 Å². The van der Waals surface area contributed by atoms with Crippen molar-refractivity contribution in [3.63, 3.8) is 0 Å². The number of sulfonamides is 1. The molecule has 0 amide bonds. The Morgan fingerprint density at radius 3 is 2.65 bits per heavy atom. The maximum absolute atomic E-state index is 11.7. The van der Waals surface area contributed by atoms with Crippen molar-refractivity contribution in [3.8, 4) is 0 Å². The zero-order valence-electron chi connectivity index (χ0n) is 9.54. The molecule has 0 spiro atoms. The Kier molecular flexibility index (Phi) is 4.24. The normalized spacial score (nSPS) is 13.8. The van der Waals surface area contributed by atoms with E-state index in [1.165, 1.54) is 12.3 Å². The maximum atomic E-state index is 11.7. The van der Waals surface area contributed by atoms with E-state index in [0.29, 0.717) is 0 Å². The van der Waals surface area contributed by atoms with E-state index < -0.39 is 22.0 Å². The van der Waals surface area contributed by atoms with Gasteiger partial charge < -0.3 is 5.11 Å². The molecule has 17 heavy (non-hydrogen) atoms. The van der Waals surface area contributed by atoms with Crippen LogP contribution in [0.4, 0.5) is 0 Å². The van der Waals surface area contributed by atoms with Crippen molar-refractivity contribution in [1.82, 2.24) is 14.9 Å². The van der Waals surface area contributed by atoms with Gasteiger partial charge in [-0.1, -0.05) is 13.8 Å². The van der Waals surface area contributed by atoms with Crippen LogP contribution in [0.3, 0.4) is 0 Å². The van der Waals surface area contributed by atoms with Crippen molar-refractivity contribution < 1.29 is 18.3 Å². The third kappa shape index (κ3) is 3.82. The Hall–Kier alpha value is -1.41. The van der Waals surface area contributed by atoms with Crippen LogP contribution < -0.4 is 4.72 Å². The number of aromatic amines is 1. The quantitative estimate of drug-likeness (QED) is 0.676. The summed E-state index contributed by atoms with van der Waals surface area (Å²) in [6, 6.07) is 0.125. The molecular formula is C9H15N3O4S. The molecule has 8 heteroatoms. The van der Waals surface area contributed by atoms with Crippen LogP contribution in [0.2, 0.25) is 0 Å². The van der Waals surface area contributed by atoms with E-state index in [4.69, 9.17) is 5.11 Å². The molecule has 1 aromatic rings. The number of aromatic nitrogens is 2. The summed E-state index contributed by atoms with van der Waals surface area (Å²) in [6.45, 7) is 3.64. The lowest BCUT2D eigenvalue weighted by Crippen LogP contribution is -2.41. The standard InChI is InChI=1S/C9H15N3O4S/c1-6(2)5-7(9(13)14)12-17(15,16)8-3-4-10-11-8/h3-4,6-7,12H,5H2,1-2H3,(H,10,11)(H,13,14). The number of nitrogens with zero attached hydrogens (tertiary/aromatic N) is 1. The summed E-state index contributed by atoms with van der Waals surface area (Å²) in [7, 11) is -3.86. The number of carboxylic acid groups (broad SMARTS) is 1. The van der Waals surface area contributed by atoms with Gasteiger partial charge in [0.25, 0.3) is 10.0 Å². The highest BCUT2D eigenvalue weighted by Crippen LogP contribution is 2.09. The Bertz CT molecular complexity index is 466. The predicted molar refractivity (Wildman–Crippen MR) is 59.8 cm³/mol. The molecule has 1 heterocycles. The molecule has 1 rings (SSSR count). The Morgan fingerprint density at radius 2 is 2.24 bits per heavy atom.